The molecule has 1 spiro atoms. The van der Waals surface area contributed by atoms with Crippen molar-refractivity contribution in [3.63, 3.8) is 0 Å². The number of benzene rings is 2. The Morgan fingerprint density at radius 2 is 1.07 bits per heavy atom. The van der Waals surface area contributed by atoms with Gasteiger partial charge in [0.05, 0.1) is 0 Å². The van der Waals surface area contributed by atoms with Crippen molar-refractivity contribution in [1.29, 1.82) is 0 Å². The van der Waals surface area contributed by atoms with Gasteiger partial charge in [-0.15, -0.1) is 0 Å². The second-order valence-corrected chi connectivity index (χ2v) is 7.72. The highest BCUT2D eigenvalue weighted by molar-refractivity contribution is 6.12. The van der Waals surface area contributed by atoms with E-state index in [2.05, 4.69) is 0 Å². The topological polar surface area (TPSA) is 51.2 Å². The molecule has 0 saturated heterocycles. The summed E-state index contributed by atoms with van der Waals surface area (Å²) in [6.07, 6.45) is 1.19. The summed E-state index contributed by atoms with van der Waals surface area (Å²) in [5, 5.41) is 0. The average molecular weight is 382 g/mol. The molecule has 2 atom stereocenters. The van der Waals surface area contributed by atoms with E-state index in [1.165, 1.54) is 24.3 Å². The maximum absolute atomic E-state index is 13.5. The fourth-order valence-corrected chi connectivity index (χ4v) is 5.01. The molecule has 0 amide bonds. The second-order valence-electron chi connectivity index (χ2n) is 7.72. The lowest BCUT2D eigenvalue weighted by Crippen LogP contribution is -2.54. The Morgan fingerprint density at radius 1 is 0.679 bits per heavy atom. The van der Waals surface area contributed by atoms with E-state index < -0.39 is 28.9 Å². The summed E-state index contributed by atoms with van der Waals surface area (Å²) < 4.78 is 26.9. The third-order valence-corrected chi connectivity index (χ3v) is 6.24. The Bertz CT molecular complexity index is 856. The SMILES string of the molecule is O=C1C[C@H](c2ccc(F)cc2)C2(C(=O)CCCC2=O)[C@H](c2ccc(F)cc2)C1. The van der Waals surface area contributed by atoms with Gasteiger partial charge in [0.2, 0.25) is 0 Å². The lowest BCUT2D eigenvalue weighted by atomic mass is 9.50. The highest BCUT2D eigenvalue weighted by atomic mass is 19.1. The fraction of sp³-hybridized carbons (Fsp3) is 0.348. The summed E-state index contributed by atoms with van der Waals surface area (Å²) in [4.78, 5) is 39.3. The molecule has 2 saturated carbocycles. The third-order valence-electron chi connectivity index (χ3n) is 6.24. The Labute approximate surface area is 161 Å². The average Bonchev–Trinajstić information content (AvgIpc) is 2.67. The van der Waals surface area contributed by atoms with Crippen LogP contribution in [0.3, 0.4) is 0 Å². The van der Waals surface area contributed by atoms with Crippen molar-refractivity contribution in [2.24, 2.45) is 5.41 Å². The van der Waals surface area contributed by atoms with Gasteiger partial charge in [-0.3, -0.25) is 14.4 Å². The fourth-order valence-electron chi connectivity index (χ4n) is 5.01. The molecule has 2 aliphatic rings. The van der Waals surface area contributed by atoms with Crippen LogP contribution in [0.4, 0.5) is 8.78 Å². The van der Waals surface area contributed by atoms with E-state index >= 15 is 0 Å². The van der Waals surface area contributed by atoms with Gasteiger partial charge < -0.3 is 0 Å². The van der Waals surface area contributed by atoms with Crippen LogP contribution in [0.25, 0.3) is 0 Å². The number of carbonyl (C=O) groups is 3. The number of hydrogen-bond acceptors (Lipinski definition) is 3. The Balaban J connectivity index is 1.92. The minimum absolute atomic E-state index is 0.0551. The molecule has 5 heteroatoms. The van der Waals surface area contributed by atoms with Gasteiger partial charge in [0.15, 0.2) is 0 Å². The van der Waals surface area contributed by atoms with Crippen LogP contribution in [0.5, 0.6) is 0 Å². The summed E-state index contributed by atoms with van der Waals surface area (Å²) in [5.74, 6) is -2.50. The first-order valence-corrected chi connectivity index (χ1v) is 9.52. The van der Waals surface area contributed by atoms with E-state index in [4.69, 9.17) is 0 Å². The van der Waals surface area contributed by atoms with Gasteiger partial charge in [-0.1, -0.05) is 24.3 Å². The van der Waals surface area contributed by atoms with Gasteiger partial charge in [0.1, 0.15) is 34.4 Å². The second kappa shape index (κ2) is 7.04. The first-order chi connectivity index (χ1) is 13.4. The molecule has 3 nitrogen and oxygen atoms in total. The summed E-state index contributed by atoms with van der Waals surface area (Å²) in [7, 11) is 0. The maximum atomic E-state index is 13.5. The zero-order chi connectivity index (χ0) is 19.9. The van der Waals surface area contributed by atoms with Crippen molar-refractivity contribution in [1.82, 2.24) is 0 Å². The van der Waals surface area contributed by atoms with Crippen LogP contribution in [0.2, 0.25) is 0 Å². The standard InChI is InChI=1S/C23H20F2O3/c24-16-8-4-14(5-9-16)19-12-18(26)13-20(15-6-10-17(25)11-7-15)23(19)21(27)2-1-3-22(23)28/h4-11,19-20H,1-3,12-13H2/t19-,20+. The number of ketones is 3. The number of rotatable bonds is 2. The van der Waals surface area contributed by atoms with Crippen molar-refractivity contribution in [3.05, 3.63) is 71.3 Å². The molecule has 2 fully saturated rings. The number of Topliss-reactive ketones (excluding diaryl/α,β-unsaturated/α-hetero) is 3. The molecular weight excluding hydrogens is 362 g/mol. The summed E-state index contributed by atoms with van der Waals surface area (Å²) in [6, 6.07) is 11.3. The van der Waals surface area contributed by atoms with Crippen LogP contribution in [-0.4, -0.2) is 17.3 Å². The van der Waals surface area contributed by atoms with Gasteiger partial charge in [0.25, 0.3) is 0 Å². The molecule has 0 unspecified atom stereocenters. The van der Waals surface area contributed by atoms with Gasteiger partial charge in [0, 0.05) is 37.5 Å². The minimum Gasteiger partial charge on any atom is -0.300 e. The lowest BCUT2D eigenvalue weighted by molar-refractivity contribution is -0.151. The van der Waals surface area contributed by atoms with Gasteiger partial charge in [-0.2, -0.15) is 0 Å². The maximum Gasteiger partial charge on any atom is 0.147 e. The van der Waals surface area contributed by atoms with Crippen LogP contribution in [0.15, 0.2) is 48.5 Å². The normalized spacial score (nSPS) is 24.6. The van der Waals surface area contributed by atoms with Crippen LogP contribution in [0.1, 0.15) is 55.1 Å². The summed E-state index contributed by atoms with van der Waals surface area (Å²) >= 11 is 0. The van der Waals surface area contributed by atoms with Crippen molar-refractivity contribution in [2.45, 2.75) is 43.9 Å². The van der Waals surface area contributed by atoms with Gasteiger partial charge >= 0.3 is 0 Å². The van der Waals surface area contributed by atoms with Crippen LogP contribution in [0, 0.1) is 17.0 Å². The van der Waals surface area contributed by atoms with Crippen LogP contribution >= 0.6 is 0 Å². The van der Waals surface area contributed by atoms with E-state index in [9.17, 15) is 23.2 Å². The third kappa shape index (κ3) is 2.89. The molecule has 2 aliphatic carbocycles. The molecule has 0 aliphatic heterocycles. The van der Waals surface area contributed by atoms with E-state index in [-0.39, 0.29) is 43.0 Å². The quantitative estimate of drug-likeness (QED) is 0.719. The van der Waals surface area contributed by atoms with E-state index in [0.717, 1.165) is 0 Å². The Hall–Kier alpha value is -2.69. The van der Waals surface area contributed by atoms with Gasteiger partial charge in [-0.25, -0.2) is 8.78 Å². The molecule has 0 radical (unpaired) electrons. The zero-order valence-corrected chi connectivity index (χ0v) is 15.3. The molecular formula is C23H20F2O3. The van der Waals surface area contributed by atoms with Crippen LogP contribution < -0.4 is 0 Å². The molecule has 4 rings (SSSR count). The predicted molar refractivity (Wildman–Crippen MR) is 98.8 cm³/mol. The van der Waals surface area contributed by atoms with Crippen molar-refractivity contribution in [3.8, 4) is 0 Å². The molecule has 0 heterocycles. The largest absolute Gasteiger partial charge is 0.300 e. The highest BCUT2D eigenvalue weighted by Crippen LogP contribution is 2.57. The number of carbonyl (C=O) groups excluding carboxylic acids is 3. The highest BCUT2D eigenvalue weighted by Gasteiger charge is 2.60. The Kier molecular flexibility index (Phi) is 4.69. The van der Waals surface area contributed by atoms with Crippen molar-refractivity contribution >= 4 is 17.3 Å². The molecule has 2 aromatic rings. The molecule has 0 N–H and O–H groups in total. The monoisotopic (exact) mass is 382 g/mol. The molecule has 0 bridgehead atoms. The number of hydrogen-bond donors (Lipinski definition) is 0. The Morgan fingerprint density at radius 3 is 1.46 bits per heavy atom. The summed E-state index contributed by atoms with van der Waals surface area (Å²) in [6.45, 7) is 0. The smallest absolute Gasteiger partial charge is 0.147 e. The van der Waals surface area contributed by atoms with Crippen molar-refractivity contribution < 1.29 is 23.2 Å². The van der Waals surface area contributed by atoms with E-state index in [1.807, 2.05) is 0 Å². The molecule has 28 heavy (non-hydrogen) atoms. The summed E-state index contributed by atoms with van der Waals surface area (Å²) in [5.41, 5.74) is -0.128. The number of halogens is 2. The molecule has 144 valence electrons. The van der Waals surface area contributed by atoms with Gasteiger partial charge in [-0.05, 0) is 41.8 Å². The first kappa shape index (κ1) is 18.7. The van der Waals surface area contributed by atoms with Crippen LogP contribution in [-0.2, 0) is 14.4 Å². The molecule has 2 aromatic carbocycles. The zero-order valence-electron chi connectivity index (χ0n) is 15.3. The molecule has 0 aromatic heterocycles. The van der Waals surface area contributed by atoms with E-state index in [0.29, 0.717) is 17.5 Å². The van der Waals surface area contributed by atoms with Crippen molar-refractivity contribution in [2.75, 3.05) is 0 Å². The first-order valence-electron chi connectivity index (χ1n) is 9.52. The predicted octanol–water partition coefficient (Wildman–Crippen LogP) is 4.50. The minimum atomic E-state index is -1.36. The van der Waals surface area contributed by atoms with E-state index in [1.54, 1.807) is 24.3 Å². The lowest BCUT2D eigenvalue weighted by Gasteiger charge is -2.49.